The highest BCUT2D eigenvalue weighted by Gasteiger charge is 2.44. The molecule has 206 valence electrons. The van der Waals surface area contributed by atoms with Gasteiger partial charge in [-0.15, -0.1) is 0 Å². The molecule has 2 unspecified atom stereocenters. The fourth-order valence-electron chi connectivity index (χ4n) is 5.29. The van der Waals surface area contributed by atoms with E-state index in [2.05, 4.69) is 50.2 Å². The molecule has 0 N–H and O–H groups in total. The second-order valence-electron chi connectivity index (χ2n) is 10.7. The van der Waals surface area contributed by atoms with Crippen LogP contribution in [0.15, 0.2) is 96.8 Å². The molecule has 0 saturated heterocycles. The van der Waals surface area contributed by atoms with Crippen molar-refractivity contribution < 1.29 is 13.5 Å². The van der Waals surface area contributed by atoms with Crippen LogP contribution >= 0.6 is 0 Å². The Labute approximate surface area is 233 Å². The van der Waals surface area contributed by atoms with E-state index in [0.717, 1.165) is 48.8 Å². The van der Waals surface area contributed by atoms with Crippen LogP contribution in [0.3, 0.4) is 0 Å². The van der Waals surface area contributed by atoms with Crippen LogP contribution in [0.2, 0.25) is 0 Å². The van der Waals surface area contributed by atoms with Crippen molar-refractivity contribution >= 4 is 5.57 Å². The topological polar surface area (TPSA) is 9.23 Å². The van der Waals surface area contributed by atoms with E-state index >= 15 is 8.78 Å². The predicted octanol–water partition coefficient (Wildman–Crippen LogP) is 10.9. The Balaban J connectivity index is 1.47. The van der Waals surface area contributed by atoms with Crippen molar-refractivity contribution in [2.45, 2.75) is 83.4 Å². The predicted molar refractivity (Wildman–Crippen MR) is 161 cm³/mol. The van der Waals surface area contributed by atoms with Crippen LogP contribution in [0.1, 0.15) is 77.2 Å². The average Bonchev–Trinajstić information content (AvgIpc) is 2.98. The first-order chi connectivity index (χ1) is 19.1. The van der Waals surface area contributed by atoms with Crippen LogP contribution in [-0.2, 0) is 4.74 Å². The number of halogens is 2. The van der Waals surface area contributed by atoms with Gasteiger partial charge in [-0.2, -0.15) is 0 Å². The van der Waals surface area contributed by atoms with Crippen LogP contribution in [0.4, 0.5) is 8.78 Å². The van der Waals surface area contributed by atoms with Crippen molar-refractivity contribution in [1.29, 1.82) is 0 Å². The fourth-order valence-corrected chi connectivity index (χ4v) is 5.29. The van der Waals surface area contributed by atoms with E-state index < -0.39 is 17.6 Å². The van der Waals surface area contributed by atoms with Crippen LogP contribution < -0.4 is 0 Å². The quantitative estimate of drug-likeness (QED) is 0.189. The Hall–Kier alpha value is -3.04. The SMILES string of the molecule is CCCCCCCCC1(OCCCC)C=CC(c2ccc(-c3ccc(-c4ccccc4)cc3)cc2)=C(F)C1F. The van der Waals surface area contributed by atoms with Crippen LogP contribution in [-0.4, -0.2) is 18.4 Å². The third-order valence-corrected chi connectivity index (χ3v) is 7.75. The molecule has 3 aromatic rings. The summed E-state index contributed by atoms with van der Waals surface area (Å²) < 4.78 is 37.5. The van der Waals surface area contributed by atoms with Crippen LogP contribution in [0.5, 0.6) is 0 Å². The molecule has 1 aliphatic rings. The second kappa shape index (κ2) is 14.4. The van der Waals surface area contributed by atoms with Gasteiger partial charge in [-0.3, -0.25) is 0 Å². The molecule has 3 aromatic carbocycles. The Morgan fingerprint density at radius 2 is 1.15 bits per heavy atom. The molecule has 1 aliphatic carbocycles. The standard InChI is InChI=1S/C36H42F2O/c1-3-5-7-8-9-13-25-36(39-27-6-4-2)26-24-33(34(37)35(36)38)32-22-20-31(21-23-32)30-18-16-29(17-19-30)28-14-11-10-12-15-28/h10-12,14-24,26,35H,3-9,13,25,27H2,1-2H3. The van der Waals surface area contributed by atoms with E-state index in [1.807, 2.05) is 42.5 Å². The lowest BCUT2D eigenvalue weighted by Gasteiger charge is -2.36. The minimum atomic E-state index is -1.80. The summed E-state index contributed by atoms with van der Waals surface area (Å²) >= 11 is 0. The third kappa shape index (κ3) is 7.33. The van der Waals surface area contributed by atoms with Gasteiger partial charge in [0.25, 0.3) is 0 Å². The lowest BCUT2D eigenvalue weighted by Crippen LogP contribution is -2.43. The summed E-state index contributed by atoms with van der Waals surface area (Å²) in [5.74, 6) is -0.722. The summed E-state index contributed by atoms with van der Waals surface area (Å²) in [6, 6.07) is 26.4. The maximum Gasteiger partial charge on any atom is 0.184 e. The number of unbranched alkanes of at least 4 members (excludes halogenated alkanes) is 6. The van der Waals surface area contributed by atoms with Gasteiger partial charge in [0, 0.05) is 12.2 Å². The zero-order valence-corrected chi connectivity index (χ0v) is 23.5. The number of hydrogen-bond donors (Lipinski definition) is 0. The lowest BCUT2D eigenvalue weighted by molar-refractivity contribution is -0.0648. The van der Waals surface area contributed by atoms with Crippen molar-refractivity contribution in [3.63, 3.8) is 0 Å². The summed E-state index contributed by atoms with van der Waals surface area (Å²) in [6.07, 6.45) is 10.6. The first-order valence-electron chi connectivity index (χ1n) is 14.7. The maximum atomic E-state index is 15.8. The zero-order valence-electron chi connectivity index (χ0n) is 23.5. The molecular formula is C36H42F2O. The van der Waals surface area contributed by atoms with E-state index in [1.54, 1.807) is 12.2 Å². The fraction of sp³-hybridized carbons (Fsp3) is 0.389. The molecule has 0 amide bonds. The molecule has 0 aromatic heterocycles. The van der Waals surface area contributed by atoms with Gasteiger partial charge < -0.3 is 4.74 Å². The first-order valence-corrected chi connectivity index (χ1v) is 14.7. The molecule has 0 bridgehead atoms. The van der Waals surface area contributed by atoms with Crippen molar-refractivity contribution in [2.24, 2.45) is 0 Å². The number of benzene rings is 3. The Bertz CT molecular complexity index is 1210. The molecule has 0 radical (unpaired) electrons. The van der Waals surface area contributed by atoms with Gasteiger partial charge in [0.1, 0.15) is 11.4 Å². The molecule has 0 spiro atoms. The Morgan fingerprint density at radius 1 is 0.641 bits per heavy atom. The molecule has 39 heavy (non-hydrogen) atoms. The summed E-state index contributed by atoms with van der Waals surface area (Å²) in [4.78, 5) is 0. The summed E-state index contributed by atoms with van der Waals surface area (Å²) in [7, 11) is 0. The molecule has 3 heteroatoms. The Morgan fingerprint density at radius 3 is 1.74 bits per heavy atom. The van der Waals surface area contributed by atoms with E-state index in [0.29, 0.717) is 24.2 Å². The Kier molecular flexibility index (Phi) is 10.7. The lowest BCUT2D eigenvalue weighted by atomic mass is 9.82. The number of rotatable bonds is 14. The van der Waals surface area contributed by atoms with Gasteiger partial charge in [0.15, 0.2) is 6.17 Å². The number of ether oxygens (including phenoxy) is 1. The highest BCUT2D eigenvalue weighted by atomic mass is 19.2. The van der Waals surface area contributed by atoms with E-state index in [1.165, 1.54) is 24.8 Å². The molecule has 4 rings (SSSR count). The number of hydrogen-bond acceptors (Lipinski definition) is 1. The molecule has 2 atom stereocenters. The maximum absolute atomic E-state index is 15.8. The molecule has 0 saturated carbocycles. The molecular weight excluding hydrogens is 486 g/mol. The normalized spacial score (nSPS) is 19.0. The van der Waals surface area contributed by atoms with Gasteiger partial charge in [-0.1, -0.05) is 144 Å². The van der Waals surface area contributed by atoms with Crippen molar-refractivity contribution in [1.82, 2.24) is 0 Å². The summed E-state index contributed by atoms with van der Waals surface area (Å²) in [5.41, 5.74) is 4.24. The summed E-state index contributed by atoms with van der Waals surface area (Å²) in [6.45, 7) is 4.71. The van der Waals surface area contributed by atoms with Crippen molar-refractivity contribution in [3.8, 4) is 22.3 Å². The largest absolute Gasteiger partial charge is 0.367 e. The highest BCUT2D eigenvalue weighted by molar-refractivity contribution is 5.80. The first kappa shape index (κ1) is 29.0. The monoisotopic (exact) mass is 528 g/mol. The third-order valence-electron chi connectivity index (χ3n) is 7.75. The van der Waals surface area contributed by atoms with Gasteiger partial charge in [0.2, 0.25) is 0 Å². The van der Waals surface area contributed by atoms with Gasteiger partial charge in [-0.25, -0.2) is 8.78 Å². The van der Waals surface area contributed by atoms with Crippen LogP contribution in [0.25, 0.3) is 27.8 Å². The molecule has 0 fully saturated rings. The molecule has 0 aliphatic heterocycles. The van der Waals surface area contributed by atoms with E-state index in [4.69, 9.17) is 4.74 Å². The van der Waals surface area contributed by atoms with Gasteiger partial charge in [-0.05, 0) is 46.7 Å². The van der Waals surface area contributed by atoms with Gasteiger partial charge in [0.05, 0.1) is 0 Å². The van der Waals surface area contributed by atoms with E-state index in [-0.39, 0.29) is 0 Å². The van der Waals surface area contributed by atoms with Crippen LogP contribution in [0, 0.1) is 0 Å². The van der Waals surface area contributed by atoms with E-state index in [9.17, 15) is 0 Å². The summed E-state index contributed by atoms with van der Waals surface area (Å²) in [5, 5.41) is 0. The average molecular weight is 529 g/mol. The highest BCUT2D eigenvalue weighted by Crippen LogP contribution is 2.41. The minimum absolute atomic E-state index is 0.311. The number of allylic oxidation sites excluding steroid dienone is 2. The van der Waals surface area contributed by atoms with Crippen molar-refractivity contribution in [2.75, 3.05) is 6.61 Å². The molecule has 1 nitrogen and oxygen atoms in total. The second-order valence-corrected chi connectivity index (χ2v) is 10.7. The smallest absolute Gasteiger partial charge is 0.184 e. The molecule has 0 heterocycles. The van der Waals surface area contributed by atoms with Gasteiger partial charge >= 0.3 is 0 Å². The minimum Gasteiger partial charge on any atom is -0.367 e. The van der Waals surface area contributed by atoms with Crippen molar-refractivity contribution in [3.05, 3.63) is 102 Å². The number of alkyl halides is 1. The zero-order chi connectivity index (χ0) is 27.5.